The van der Waals surface area contributed by atoms with E-state index in [4.69, 9.17) is 10.7 Å². The minimum absolute atomic E-state index is 0.450. The van der Waals surface area contributed by atoms with Crippen molar-refractivity contribution in [2.45, 2.75) is 6.54 Å². The third-order valence-electron chi connectivity index (χ3n) is 4.07. The summed E-state index contributed by atoms with van der Waals surface area (Å²) in [6, 6.07) is 15.9. The Hall–Kier alpha value is -3.25. The van der Waals surface area contributed by atoms with Crippen molar-refractivity contribution in [2.75, 3.05) is 12.8 Å². The Morgan fingerprint density at radius 2 is 1.76 bits per heavy atom. The number of imidazole rings is 1. The third-order valence-corrected chi connectivity index (χ3v) is 4.07. The molecule has 6 nitrogen and oxygen atoms in total. The summed E-state index contributed by atoms with van der Waals surface area (Å²) in [5, 5.41) is 3.16. The number of nitrogens with two attached hydrogens (primary N) is 1. The molecule has 0 aliphatic rings. The lowest BCUT2D eigenvalue weighted by atomic mass is 10.2. The van der Waals surface area contributed by atoms with E-state index in [0.717, 1.165) is 34.8 Å². The van der Waals surface area contributed by atoms with Gasteiger partial charge in [0.25, 0.3) is 0 Å². The summed E-state index contributed by atoms with van der Waals surface area (Å²) in [5.41, 5.74) is 10.7. The molecule has 3 heterocycles. The van der Waals surface area contributed by atoms with Crippen molar-refractivity contribution in [3.05, 3.63) is 66.5 Å². The van der Waals surface area contributed by atoms with Crippen molar-refractivity contribution in [2.24, 2.45) is 0 Å². The van der Waals surface area contributed by atoms with Crippen LogP contribution in [0.5, 0.6) is 0 Å². The van der Waals surface area contributed by atoms with E-state index in [0.29, 0.717) is 5.82 Å². The zero-order chi connectivity index (χ0) is 17.2. The zero-order valence-corrected chi connectivity index (χ0v) is 13.8. The second-order valence-corrected chi connectivity index (χ2v) is 5.75. The quantitative estimate of drug-likeness (QED) is 0.601. The normalized spacial score (nSPS) is 11.1. The molecule has 0 saturated heterocycles. The SMILES string of the molecule is CNCc1ccc(-n2c(-c3cccnc3N)nc3cccnc32)cc1. The molecule has 1 aromatic carbocycles. The maximum Gasteiger partial charge on any atom is 0.164 e. The van der Waals surface area contributed by atoms with Gasteiger partial charge in [-0.05, 0) is 49.0 Å². The van der Waals surface area contributed by atoms with Crippen LogP contribution in [0.4, 0.5) is 5.82 Å². The van der Waals surface area contributed by atoms with E-state index in [-0.39, 0.29) is 0 Å². The summed E-state index contributed by atoms with van der Waals surface area (Å²) >= 11 is 0. The molecule has 0 spiro atoms. The monoisotopic (exact) mass is 330 g/mol. The molecule has 3 aromatic heterocycles. The lowest BCUT2D eigenvalue weighted by Gasteiger charge is -2.11. The first-order valence-electron chi connectivity index (χ1n) is 8.06. The van der Waals surface area contributed by atoms with Crippen LogP contribution in [0.2, 0.25) is 0 Å². The molecule has 0 radical (unpaired) electrons. The fourth-order valence-electron chi connectivity index (χ4n) is 2.91. The minimum Gasteiger partial charge on any atom is -0.383 e. The summed E-state index contributed by atoms with van der Waals surface area (Å²) < 4.78 is 2.02. The van der Waals surface area contributed by atoms with E-state index in [1.165, 1.54) is 5.56 Å². The van der Waals surface area contributed by atoms with Crippen molar-refractivity contribution in [3.63, 3.8) is 0 Å². The Bertz CT molecular complexity index is 1020. The first-order valence-corrected chi connectivity index (χ1v) is 8.06. The number of nitrogen functional groups attached to an aromatic ring is 1. The second-order valence-electron chi connectivity index (χ2n) is 5.75. The summed E-state index contributed by atoms with van der Waals surface area (Å²) in [6.07, 6.45) is 3.45. The lowest BCUT2D eigenvalue weighted by molar-refractivity contribution is 0.817. The van der Waals surface area contributed by atoms with Gasteiger partial charge in [-0.1, -0.05) is 12.1 Å². The summed E-state index contributed by atoms with van der Waals surface area (Å²) in [7, 11) is 1.94. The van der Waals surface area contributed by atoms with E-state index in [2.05, 4.69) is 39.6 Å². The Kier molecular flexibility index (Phi) is 3.87. The number of pyridine rings is 2. The van der Waals surface area contributed by atoms with Crippen LogP contribution < -0.4 is 11.1 Å². The Morgan fingerprint density at radius 1 is 1.00 bits per heavy atom. The number of hydrogen-bond acceptors (Lipinski definition) is 5. The molecule has 0 bridgehead atoms. The molecule has 6 heteroatoms. The van der Waals surface area contributed by atoms with Gasteiger partial charge in [0, 0.05) is 24.6 Å². The van der Waals surface area contributed by atoms with E-state index >= 15 is 0 Å². The van der Waals surface area contributed by atoms with E-state index in [9.17, 15) is 0 Å². The standard InChI is InChI=1S/C19H18N6/c1-21-12-13-6-8-14(9-7-13)25-18(15-4-2-10-22-17(15)20)24-16-5-3-11-23-19(16)25/h2-11,21H,12H2,1H3,(H2,20,22). The van der Waals surface area contributed by atoms with Crippen molar-refractivity contribution >= 4 is 17.0 Å². The molecule has 4 aromatic rings. The van der Waals surface area contributed by atoms with Crippen LogP contribution in [0.3, 0.4) is 0 Å². The molecule has 0 atom stereocenters. The third kappa shape index (κ3) is 2.72. The molecule has 0 unspecified atom stereocenters. The van der Waals surface area contributed by atoms with Crippen molar-refractivity contribution in [1.82, 2.24) is 24.8 Å². The highest BCUT2D eigenvalue weighted by Gasteiger charge is 2.17. The van der Waals surface area contributed by atoms with Gasteiger partial charge in [-0.3, -0.25) is 4.57 Å². The van der Waals surface area contributed by atoms with Gasteiger partial charge in [0.1, 0.15) is 11.3 Å². The molecule has 3 N–H and O–H groups in total. The first kappa shape index (κ1) is 15.3. The van der Waals surface area contributed by atoms with Crippen molar-refractivity contribution < 1.29 is 0 Å². The van der Waals surface area contributed by atoms with Gasteiger partial charge in [0.2, 0.25) is 0 Å². The zero-order valence-electron chi connectivity index (χ0n) is 13.8. The summed E-state index contributed by atoms with van der Waals surface area (Å²) in [6.45, 7) is 0.825. The van der Waals surface area contributed by atoms with Gasteiger partial charge >= 0.3 is 0 Å². The maximum absolute atomic E-state index is 6.09. The van der Waals surface area contributed by atoms with Gasteiger partial charge in [-0.2, -0.15) is 0 Å². The summed E-state index contributed by atoms with van der Waals surface area (Å²) in [5.74, 6) is 1.19. The number of aromatic nitrogens is 4. The van der Waals surface area contributed by atoms with Crippen molar-refractivity contribution in [1.29, 1.82) is 0 Å². The second kappa shape index (κ2) is 6.33. The Morgan fingerprint density at radius 3 is 2.52 bits per heavy atom. The smallest absolute Gasteiger partial charge is 0.164 e. The molecule has 0 saturated carbocycles. The number of anilines is 1. The van der Waals surface area contributed by atoms with Gasteiger partial charge < -0.3 is 11.1 Å². The number of benzene rings is 1. The van der Waals surface area contributed by atoms with E-state index in [1.807, 2.05) is 35.9 Å². The van der Waals surface area contributed by atoms with Crippen LogP contribution >= 0.6 is 0 Å². The molecule has 0 aliphatic heterocycles. The number of hydrogen-bond donors (Lipinski definition) is 2. The number of nitrogens with zero attached hydrogens (tertiary/aromatic N) is 4. The fraction of sp³-hybridized carbons (Fsp3) is 0.105. The van der Waals surface area contributed by atoms with E-state index < -0.39 is 0 Å². The summed E-state index contributed by atoms with van der Waals surface area (Å²) in [4.78, 5) is 13.5. The van der Waals surface area contributed by atoms with Crippen LogP contribution in [0.15, 0.2) is 60.9 Å². The topological polar surface area (TPSA) is 81.7 Å². The molecule has 124 valence electrons. The molecular weight excluding hydrogens is 312 g/mol. The number of nitrogens with one attached hydrogen (secondary N) is 1. The Balaban J connectivity index is 1.95. The number of rotatable bonds is 4. The number of fused-ring (bicyclic) bond motifs is 1. The van der Waals surface area contributed by atoms with Gasteiger partial charge in [0.05, 0.1) is 5.56 Å². The van der Waals surface area contributed by atoms with Crippen LogP contribution in [0.25, 0.3) is 28.2 Å². The molecule has 25 heavy (non-hydrogen) atoms. The highest BCUT2D eigenvalue weighted by Crippen LogP contribution is 2.29. The highest BCUT2D eigenvalue weighted by molar-refractivity contribution is 5.82. The average molecular weight is 330 g/mol. The predicted octanol–water partition coefficient (Wildman–Crippen LogP) is 2.78. The maximum atomic E-state index is 6.09. The van der Waals surface area contributed by atoms with Gasteiger partial charge in [-0.25, -0.2) is 15.0 Å². The average Bonchev–Trinajstić information content (AvgIpc) is 3.02. The van der Waals surface area contributed by atoms with E-state index in [1.54, 1.807) is 12.4 Å². The van der Waals surface area contributed by atoms with Gasteiger partial charge in [-0.15, -0.1) is 0 Å². The molecule has 0 amide bonds. The molecular formula is C19H18N6. The van der Waals surface area contributed by atoms with Crippen LogP contribution in [0, 0.1) is 0 Å². The van der Waals surface area contributed by atoms with Crippen LogP contribution in [-0.2, 0) is 6.54 Å². The van der Waals surface area contributed by atoms with Crippen LogP contribution in [0.1, 0.15) is 5.56 Å². The van der Waals surface area contributed by atoms with Gasteiger partial charge in [0.15, 0.2) is 11.5 Å². The first-order chi connectivity index (χ1) is 12.3. The minimum atomic E-state index is 0.450. The van der Waals surface area contributed by atoms with Crippen molar-refractivity contribution in [3.8, 4) is 17.1 Å². The van der Waals surface area contributed by atoms with Crippen LogP contribution in [-0.4, -0.2) is 26.6 Å². The highest BCUT2D eigenvalue weighted by atomic mass is 15.1. The molecule has 0 fully saturated rings. The molecule has 0 aliphatic carbocycles. The molecule has 4 rings (SSSR count). The largest absolute Gasteiger partial charge is 0.383 e. The predicted molar refractivity (Wildman–Crippen MR) is 99.3 cm³/mol. The Labute approximate surface area is 145 Å². The lowest BCUT2D eigenvalue weighted by Crippen LogP contribution is -2.05. The fourth-order valence-corrected chi connectivity index (χ4v) is 2.91.